The molecule has 5 nitrogen and oxygen atoms in total. The first-order valence-electron chi connectivity index (χ1n) is 11.4. The van der Waals surface area contributed by atoms with Gasteiger partial charge in [0, 0.05) is 32.4 Å². The summed E-state index contributed by atoms with van der Waals surface area (Å²) in [5.41, 5.74) is 2.71. The van der Waals surface area contributed by atoms with E-state index in [-0.39, 0.29) is 17.6 Å². The minimum absolute atomic E-state index is 0.139. The van der Waals surface area contributed by atoms with Crippen LogP contribution >= 0.6 is 0 Å². The van der Waals surface area contributed by atoms with Crippen LogP contribution in [0.4, 0.5) is 0 Å². The number of hydrogen-bond acceptors (Lipinski definition) is 3. The molecule has 3 aromatic rings. The molecule has 1 fully saturated rings. The number of amides is 2. The Morgan fingerprint density at radius 1 is 0.758 bits per heavy atom. The summed E-state index contributed by atoms with van der Waals surface area (Å²) < 4.78 is 0. The largest absolute Gasteiger partial charge is 0.343 e. The van der Waals surface area contributed by atoms with Crippen molar-refractivity contribution in [1.82, 2.24) is 10.2 Å². The summed E-state index contributed by atoms with van der Waals surface area (Å²) in [5.74, 6) is -0.702. The molecular weight excluding hydrogens is 412 g/mol. The minimum atomic E-state index is -0.706. The third kappa shape index (κ3) is 5.75. The average Bonchev–Trinajstić information content (AvgIpc) is 2.86. The normalized spacial score (nSPS) is 14.7. The van der Waals surface area contributed by atoms with Gasteiger partial charge in [-0.25, -0.2) is 0 Å². The van der Waals surface area contributed by atoms with Crippen molar-refractivity contribution in [3.05, 3.63) is 108 Å². The second-order valence-electron chi connectivity index (χ2n) is 8.37. The van der Waals surface area contributed by atoms with Crippen molar-refractivity contribution in [2.75, 3.05) is 13.1 Å². The highest BCUT2D eigenvalue weighted by Crippen LogP contribution is 2.25. The zero-order chi connectivity index (χ0) is 23.0. The molecule has 2 amide bonds. The lowest BCUT2D eigenvalue weighted by Crippen LogP contribution is -2.52. The van der Waals surface area contributed by atoms with Crippen LogP contribution in [-0.4, -0.2) is 41.6 Å². The Morgan fingerprint density at radius 3 is 1.76 bits per heavy atom. The number of Topliss-reactive ketones (excluding diaryl/α,β-unsaturated/α-hetero) is 1. The molecule has 1 aliphatic rings. The molecule has 0 aliphatic carbocycles. The second-order valence-corrected chi connectivity index (χ2v) is 8.37. The summed E-state index contributed by atoms with van der Waals surface area (Å²) in [6.45, 7) is 0.805. The summed E-state index contributed by atoms with van der Waals surface area (Å²) in [5, 5.41) is 3.06. The van der Waals surface area contributed by atoms with Gasteiger partial charge in [-0.1, -0.05) is 91.0 Å². The molecule has 0 bridgehead atoms. The van der Waals surface area contributed by atoms with Gasteiger partial charge in [-0.3, -0.25) is 14.4 Å². The monoisotopic (exact) mass is 440 g/mol. The van der Waals surface area contributed by atoms with Crippen molar-refractivity contribution < 1.29 is 14.4 Å². The number of likely N-dealkylation sites (tertiary alicyclic amines) is 1. The third-order valence-electron chi connectivity index (χ3n) is 6.06. The quantitative estimate of drug-likeness (QED) is 0.609. The topological polar surface area (TPSA) is 66.5 Å². The van der Waals surface area contributed by atoms with Gasteiger partial charge in [-0.15, -0.1) is 0 Å². The van der Waals surface area contributed by atoms with E-state index < -0.39 is 12.0 Å². The average molecular weight is 441 g/mol. The summed E-state index contributed by atoms with van der Waals surface area (Å²) in [6.07, 6.45) is 1.13. The lowest BCUT2D eigenvalue weighted by Gasteiger charge is -2.31. The number of hydrogen-bond donors (Lipinski definition) is 1. The fraction of sp³-hybridized carbons (Fsp3) is 0.250. The van der Waals surface area contributed by atoms with E-state index in [0.29, 0.717) is 32.4 Å². The molecule has 1 unspecified atom stereocenters. The molecule has 1 heterocycles. The predicted octanol–water partition coefficient (Wildman–Crippen LogP) is 3.74. The van der Waals surface area contributed by atoms with E-state index in [1.54, 1.807) is 4.90 Å². The molecule has 1 N–H and O–H groups in total. The highest BCUT2D eigenvalue weighted by Gasteiger charge is 2.31. The number of nitrogens with zero attached hydrogens (tertiary/aromatic N) is 1. The van der Waals surface area contributed by atoms with Crippen LogP contribution in [-0.2, 0) is 20.8 Å². The number of piperidine rings is 1. The van der Waals surface area contributed by atoms with Crippen molar-refractivity contribution in [3.8, 4) is 0 Å². The minimum Gasteiger partial charge on any atom is -0.343 e. The highest BCUT2D eigenvalue weighted by molar-refractivity contribution is 5.93. The van der Waals surface area contributed by atoms with Gasteiger partial charge < -0.3 is 10.2 Å². The molecule has 3 aromatic carbocycles. The standard InChI is InChI=1S/C28H28N2O3/c31-24-16-18-30(19-17-24)28(33)25(20-21-10-4-1-5-11-21)29-27(32)26(22-12-6-2-7-13-22)23-14-8-3-9-15-23/h1-15,25-26H,16-20H2,(H,29,32). The molecule has 0 saturated carbocycles. The van der Waals surface area contributed by atoms with Crippen molar-refractivity contribution in [2.24, 2.45) is 0 Å². The Kier molecular flexibility index (Phi) is 7.30. The summed E-state index contributed by atoms with van der Waals surface area (Å²) >= 11 is 0. The first-order valence-corrected chi connectivity index (χ1v) is 11.4. The van der Waals surface area contributed by atoms with E-state index in [1.807, 2.05) is 91.0 Å². The summed E-state index contributed by atoms with van der Waals surface area (Å²) in [6, 6.07) is 28.2. The Hall–Kier alpha value is -3.73. The lowest BCUT2D eigenvalue weighted by atomic mass is 9.90. The molecular formula is C28H28N2O3. The third-order valence-corrected chi connectivity index (χ3v) is 6.06. The van der Waals surface area contributed by atoms with E-state index >= 15 is 0 Å². The van der Waals surface area contributed by atoms with Crippen LogP contribution in [0.25, 0.3) is 0 Å². The molecule has 4 rings (SSSR count). The van der Waals surface area contributed by atoms with Crippen molar-refractivity contribution >= 4 is 17.6 Å². The maximum Gasteiger partial charge on any atom is 0.245 e. The van der Waals surface area contributed by atoms with E-state index in [4.69, 9.17) is 0 Å². The van der Waals surface area contributed by atoms with Gasteiger partial charge in [0.05, 0.1) is 5.92 Å². The van der Waals surface area contributed by atoms with Gasteiger partial charge in [0.2, 0.25) is 11.8 Å². The molecule has 33 heavy (non-hydrogen) atoms. The van der Waals surface area contributed by atoms with Gasteiger partial charge in [0.25, 0.3) is 0 Å². The molecule has 1 saturated heterocycles. The Morgan fingerprint density at radius 2 is 1.24 bits per heavy atom. The zero-order valence-corrected chi connectivity index (χ0v) is 18.5. The zero-order valence-electron chi connectivity index (χ0n) is 18.5. The number of nitrogens with one attached hydrogen (secondary N) is 1. The van der Waals surface area contributed by atoms with Gasteiger partial charge in [0.1, 0.15) is 11.8 Å². The SMILES string of the molecule is O=C1CCN(C(=O)C(Cc2ccccc2)NC(=O)C(c2ccccc2)c2ccccc2)CC1. The summed E-state index contributed by atoms with van der Waals surface area (Å²) in [4.78, 5) is 40.5. The van der Waals surface area contributed by atoms with Crippen LogP contribution in [0.3, 0.4) is 0 Å². The van der Waals surface area contributed by atoms with Crippen molar-refractivity contribution in [2.45, 2.75) is 31.2 Å². The number of benzene rings is 3. The number of rotatable bonds is 7. The Balaban J connectivity index is 1.61. The number of carbonyl (C=O) groups is 3. The van der Waals surface area contributed by atoms with Crippen molar-refractivity contribution in [3.63, 3.8) is 0 Å². The summed E-state index contributed by atoms with van der Waals surface area (Å²) in [7, 11) is 0. The van der Waals surface area contributed by atoms with Gasteiger partial charge in [-0.2, -0.15) is 0 Å². The maximum absolute atomic E-state index is 13.6. The van der Waals surface area contributed by atoms with Crippen LogP contribution in [0.2, 0.25) is 0 Å². The van der Waals surface area contributed by atoms with Gasteiger partial charge >= 0.3 is 0 Å². The Bertz CT molecular complexity index is 1030. The molecule has 5 heteroatoms. The maximum atomic E-state index is 13.6. The Labute approximate surface area is 194 Å². The molecule has 1 aliphatic heterocycles. The van der Waals surface area contributed by atoms with Crippen LogP contribution in [0.5, 0.6) is 0 Å². The highest BCUT2D eigenvalue weighted by atomic mass is 16.2. The lowest BCUT2D eigenvalue weighted by molar-refractivity contribution is -0.139. The molecule has 168 valence electrons. The molecule has 1 atom stereocenters. The number of ketones is 1. The van der Waals surface area contributed by atoms with E-state index in [2.05, 4.69) is 5.32 Å². The fourth-order valence-corrected chi connectivity index (χ4v) is 4.29. The first-order chi connectivity index (χ1) is 16.1. The van der Waals surface area contributed by atoms with E-state index in [0.717, 1.165) is 16.7 Å². The fourth-order valence-electron chi connectivity index (χ4n) is 4.29. The van der Waals surface area contributed by atoms with Crippen LogP contribution in [0, 0.1) is 0 Å². The second kappa shape index (κ2) is 10.7. The first kappa shape index (κ1) is 22.5. The smallest absolute Gasteiger partial charge is 0.245 e. The molecule has 0 aromatic heterocycles. The number of carbonyl (C=O) groups excluding carboxylic acids is 3. The molecule has 0 radical (unpaired) electrons. The van der Waals surface area contributed by atoms with Crippen molar-refractivity contribution in [1.29, 1.82) is 0 Å². The van der Waals surface area contributed by atoms with Crippen LogP contribution in [0.15, 0.2) is 91.0 Å². The predicted molar refractivity (Wildman–Crippen MR) is 128 cm³/mol. The van der Waals surface area contributed by atoms with Crippen LogP contribution in [0.1, 0.15) is 35.4 Å². The van der Waals surface area contributed by atoms with E-state index in [1.165, 1.54) is 0 Å². The van der Waals surface area contributed by atoms with Gasteiger partial charge in [-0.05, 0) is 16.7 Å². The molecule has 0 spiro atoms. The van der Waals surface area contributed by atoms with Gasteiger partial charge in [0.15, 0.2) is 0 Å². The van der Waals surface area contributed by atoms with Crippen LogP contribution < -0.4 is 5.32 Å². The van der Waals surface area contributed by atoms with E-state index in [9.17, 15) is 14.4 Å².